The van der Waals surface area contributed by atoms with E-state index in [0.717, 1.165) is 0 Å². The van der Waals surface area contributed by atoms with E-state index in [1.165, 1.54) is 0 Å². The van der Waals surface area contributed by atoms with Crippen LogP contribution in [0.1, 0.15) is 5.56 Å². The van der Waals surface area contributed by atoms with Gasteiger partial charge in [0.15, 0.2) is 11.0 Å². The third kappa shape index (κ3) is 3.40. The van der Waals surface area contributed by atoms with Gasteiger partial charge in [-0.3, -0.25) is 0 Å². The number of nitriles is 1. The van der Waals surface area contributed by atoms with Crippen LogP contribution in [0.4, 0.5) is 11.8 Å². The van der Waals surface area contributed by atoms with E-state index in [-0.39, 0.29) is 48.0 Å². The fraction of sp³-hybridized carbons (Fsp3) is 0.286. The summed E-state index contributed by atoms with van der Waals surface area (Å²) in [6.45, 7) is 0.188. The lowest BCUT2D eigenvalue weighted by Crippen LogP contribution is -2.10. The van der Waals surface area contributed by atoms with Gasteiger partial charge < -0.3 is 16.2 Å². The monoisotopic (exact) mass is 249 g/mol. The minimum absolute atomic E-state index is 0. The zero-order valence-electron chi connectivity index (χ0n) is 7.57. The van der Waals surface area contributed by atoms with Crippen molar-refractivity contribution in [2.45, 2.75) is 0 Å². The third-order valence-electron chi connectivity index (χ3n) is 1.40. The van der Waals surface area contributed by atoms with Crippen LogP contribution < -0.4 is 11.1 Å². The average Bonchev–Trinajstić information content (AvgIpc) is 2.14. The number of hydrogen-bond donors (Lipinski definition) is 3. The molecule has 0 saturated heterocycles. The van der Waals surface area contributed by atoms with E-state index in [1.807, 2.05) is 6.07 Å². The highest BCUT2D eigenvalue weighted by Gasteiger charge is 2.10. The second-order valence-electron chi connectivity index (χ2n) is 2.36. The first kappa shape index (κ1) is 13.7. The minimum Gasteiger partial charge on any atom is -0.395 e. The van der Waals surface area contributed by atoms with Crippen LogP contribution in [0.3, 0.4) is 0 Å². The Hall–Kier alpha value is -1.29. The molecule has 1 aromatic heterocycles. The molecule has 0 aliphatic carbocycles. The Balaban J connectivity index is 0.00000196. The lowest BCUT2D eigenvalue weighted by atomic mass is 10.3. The van der Waals surface area contributed by atoms with Gasteiger partial charge in [-0.25, -0.2) is 0 Å². The molecule has 0 amide bonds. The molecule has 0 aliphatic rings. The van der Waals surface area contributed by atoms with E-state index >= 15 is 0 Å². The second kappa shape index (κ2) is 6.24. The Morgan fingerprint density at radius 1 is 1.53 bits per heavy atom. The molecule has 0 fully saturated rings. The van der Waals surface area contributed by atoms with E-state index < -0.39 is 0 Å². The molecule has 6 nitrogen and oxygen atoms in total. The number of rotatable bonds is 3. The van der Waals surface area contributed by atoms with Crippen molar-refractivity contribution in [2.75, 3.05) is 24.2 Å². The fourth-order valence-corrected chi connectivity index (χ4v) is 1.07. The van der Waals surface area contributed by atoms with E-state index in [0.29, 0.717) is 0 Å². The Kier molecular flexibility index (Phi) is 5.70. The zero-order chi connectivity index (χ0) is 10.6. The molecule has 1 rings (SSSR count). The van der Waals surface area contributed by atoms with Crippen LogP contribution >= 0.6 is 24.0 Å². The van der Waals surface area contributed by atoms with Crippen molar-refractivity contribution in [3.8, 4) is 6.07 Å². The van der Waals surface area contributed by atoms with Gasteiger partial charge in [-0.05, 0) is 0 Å². The Labute approximate surface area is 97.5 Å². The lowest BCUT2D eigenvalue weighted by Gasteiger charge is -2.06. The van der Waals surface area contributed by atoms with E-state index in [2.05, 4.69) is 15.3 Å². The summed E-state index contributed by atoms with van der Waals surface area (Å²) in [5.41, 5.74) is 5.46. The van der Waals surface area contributed by atoms with Crippen molar-refractivity contribution in [3.05, 3.63) is 10.7 Å². The van der Waals surface area contributed by atoms with Crippen molar-refractivity contribution < 1.29 is 5.11 Å². The molecule has 0 aliphatic heterocycles. The quantitative estimate of drug-likeness (QED) is 0.670. The molecule has 0 aromatic carbocycles. The van der Waals surface area contributed by atoms with E-state index in [9.17, 15) is 0 Å². The molecule has 0 atom stereocenters. The molecule has 0 unspecified atom stereocenters. The molecule has 0 saturated carbocycles. The second-order valence-corrected chi connectivity index (χ2v) is 2.72. The maximum absolute atomic E-state index is 8.73. The number of halogens is 2. The predicted molar refractivity (Wildman–Crippen MR) is 59.0 cm³/mol. The highest BCUT2D eigenvalue weighted by Crippen LogP contribution is 2.20. The number of nitrogen functional groups attached to an aromatic ring is 1. The maximum atomic E-state index is 8.73. The molecule has 82 valence electrons. The van der Waals surface area contributed by atoms with Crippen molar-refractivity contribution >= 4 is 35.8 Å². The topological polar surface area (TPSA) is 108 Å². The summed E-state index contributed by atoms with van der Waals surface area (Å²) in [5, 5.41) is 20.0. The highest BCUT2D eigenvalue weighted by molar-refractivity contribution is 6.31. The summed E-state index contributed by atoms with van der Waals surface area (Å²) in [4.78, 5) is 7.40. The molecule has 8 heteroatoms. The van der Waals surface area contributed by atoms with Crippen molar-refractivity contribution in [2.24, 2.45) is 0 Å². The summed E-state index contributed by atoms with van der Waals surface area (Å²) in [7, 11) is 0. The van der Waals surface area contributed by atoms with Crippen molar-refractivity contribution in [1.29, 1.82) is 5.26 Å². The summed E-state index contributed by atoms with van der Waals surface area (Å²) in [6.07, 6.45) is 0. The standard InChI is InChI=1S/C7H8ClN5O.ClH/c8-5-4(3-9)6(11-1-2-14)13-7(10)12-5;/h14H,1-2H2,(H3,10,11,12,13);1H. The lowest BCUT2D eigenvalue weighted by molar-refractivity contribution is 0.311. The first-order valence-corrected chi connectivity index (χ1v) is 4.14. The van der Waals surface area contributed by atoms with Crippen molar-refractivity contribution in [1.82, 2.24) is 9.97 Å². The summed E-state index contributed by atoms with van der Waals surface area (Å²) in [5.74, 6) is 0.216. The summed E-state index contributed by atoms with van der Waals surface area (Å²) < 4.78 is 0. The number of nitrogens with zero attached hydrogens (tertiary/aromatic N) is 3. The smallest absolute Gasteiger partial charge is 0.223 e. The van der Waals surface area contributed by atoms with Crippen LogP contribution in [0.5, 0.6) is 0 Å². The van der Waals surface area contributed by atoms with Crippen LogP contribution in [0, 0.1) is 11.3 Å². The van der Waals surface area contributed by atoms with Gasteiger partial charge in [-0.1, -0.05) is 11.6 Å². The van der Waals surface area contributed by atoms with Crippen LogP contribution in [0.2, 0.25) is 5.15 Å². The Morgan fingerprint density at radius 2 is 2.20 bits per heavy atom. The Bertz CT molecular complexity index is 378. The van der Waals surface area contributed by atoms with Crippen LogP contribution in [-0.2, 0) is 0 Å². The predicted octanol–water partition coefficient (Wildman–Crippen LogP) is 0.410. The average molecular weight is 250 g/mol. The van der Waals surface area contributed by atoms with Gasteiger partial charge in [-0.15, -0.1) is 12.4 Å². The number of anilines is 2. The first-order chi connectivity index (χ1) is 6.69. The zero-order valence-corrected chi connectivity index (χ0v) is 9.14. The van der Waals surface area contributed by atoms with Crippen molar-refractivity contribution in [3.63, 3.8) is 0 Å². The number of hydrogen-bond acceptors (Lipinski definition) is 6. The number of nitrogens with one attached hydrogen (secondary N) is 1. The van der Waals surface area contributed by atoms with Gasteiger partial charge >= 0.3 is 0 Å². The highest BCUT2D eigenvalue weighted by atomic mass is 35.5. The van der Waals surface area contributed by atoms with Gasteiger partial charge in [0.25, 0.3) is 0 Å². The molecule has 15 heavy (non-hydrogen) atoms. The number of aliphatic hydroxyl groups is 1. The van der Waals surface area contributed by atoms with Gasteiger partial charge in [0.1, 0.15) is 11.6 Å². The maximum Gasteiger partial charge on any atom is 0.223 e. The molecular formula is C7H9Cl2N5O. The minimum atomic E-state index is -0.0770. The van der Waals surface area contributed by atoms with Gasteiger partial charge in [0.05, 0.1) is 6.61 Å². The first-order valence-electron chi connectivity index (χ1n) is 3.77. The number of nitrogens with two attached hydrogens (primary N) is 1. The largest absolute Gasteiger partial charge is 0.395 e. The third-order valence-corrected chi connectivity index (χ3v) is 1.67. The van der Waals surface area contributed by atoms with Gasteiger partial charge in [-0.2, -0.15) is 15.2 Å². The van der Waals surface area contributed by atoms with Crippen LogP contribution in [-0.4, -0.2) is 28.2 Å². The van der Waals surface area contributed by atoms with Crippen LogP contribution in [0.15, 0.2) is 0 Å². The molecule has 1 heterocycles. The van der Waals surface area contributed by atoms with Crippen LogP contribution in [0.25, 0.3) is 0 Å². The number of aromatic nitrogens is 2. The molecule has 1 aromatic rings. The van der Waals surface area contributed by atoms with Gasteiger partial charge in [0, 0.05) is 6.54 Å². The van der Waals surface area contributed by atoms with E-state index in [4.69, 9.17) is 27.7 Å². The fourth-order valence-electron chi connectivity index (χ4n) is 0.851. The molecule has 0 radical (unpaired) electrons. The normalized spacial score (nSPS) is 8.87. The summed E-state index contributed by atoms with van der Waals surface area (Å²) >= 11 is 5.66. The SMILES string of the molecule is Cl.N#Cc1c(Cl)nc(N)nc1NCCO. The van der Waals surface area contributed by atoms with Gasteiger partial charge in [0.2, 0.25) is 5.95 Å². The molecular weight excluding hydrogens is 241 g/mol. The molecule has 4 N–H and O–H groups in total. The Morgan fingerprint density at radius 3 is 2.73 bits per heavy atom. The number of aliphatic hydroxyl groups excluding tert-OH is 1. The summed E-state index contributed by atoms with van der Waals surface area (Å²) in [6, 6.07) is 1.84. The molecule has 0 bridgehead atoms. The van der Waals surface area contributed by atoms with E-state index in [1.54, 1.807) is 0 Å². The molecule has 0 spiro atoms.